The molecule has 3 N–H and O–H groups in total. The number of aromatic hydroxyl groups is 1. The van der Waals surface area contributed by atoms with Crippen LogP contribution >= 0.6 is 0 Å². The summed E-state index contributed by atoms with van der Waals surface area (Å²) in [7, 11) is -4.72. The molecule has 0 bridgehead atoms. The van der Waals surface area contributed by atoms with E-state index < -0.39 is 16.1 Å². The van der Waals surface area contributed by atoms with Crippen molar-refractivity contribution in [3.63, 3.8) is 0 Å². The van der Waals surface area contributed by atoms with Crippen molar-refractivity contribution in [3.05, 3.63) is 29.8 Å². The molecule has 1 aliphatic rings. The van der Waals surface area contributed by atoms with Crippen molar-refractivity contribution in [2.24, 2.45) is 0 Å². The van der Waals surface area contributed by atoms with Gasteiger partial charge in [0.1, 0.15) is 0 Å². The van der Waals surface area contributed by atoms with Gasteiger partial charge in [-0.1, -0.05) is 18.2 Å². The third-order valence-electron chi connectivity index (χ3n) is 3.83. The smallest absolute Gasteiger partial charge is 0.446 e. The van der Waals surface area contributed by atoms with Gasteiger partial charge in [-0.2, -0.15) is 8.42 Å². The van der Waals surface area contributed by atoms with E-state index in [9.17, 15) is 23.4 Å². The van der Waals surface area contributed by atoms with Gasteiger partial charge in [0.25, 0.3) is 0 Å². The summed E-state index contributed by atoms with van der Waals surface area (Å²) in [6.45, 7) is 1.13. The maximum Gasteiger partial charge on any atom is 0.446 e. The molecule has 0 aromatic heterocycles. The van der Waals surface area contributed by atoms with Crippen molar-refractivity contribution < 1.29 is 32.2 Å². The van der Waals surface area contributed by atoms with Crippen LogP contribution in [-0.2, 0) is 15.2 Å². The van der Waals surface area contributed by atoms with Crippen molar-refractivity contribution in [2.75, 3.05) is 13.1 Å². The Kier molecular flexibility index (Phi) is 6.40. The molecule has 1 fully saturated rings. The van der Waals surface area contributed by atoms with Crippen LogP contribution in [0, 0.1) is 0 Å². The normalized spacial score (nSPS) is 16.3. The highest BCUT2D eigenvalue weighted by Gasteiger charge is 2.20. The molecular weight excluding hydrogens is 350 g/mol. The first kappa shape index (κ1) is 19.2. The fourth-order valence-electron chi connectivity index (χ4n) is 2.51. The number of likely N-dealkylation sites (tertiary alicyclic amines) is 1. The molecule has 8 nitrogen and oxygen atoms in total. The highest BCUT2D eigenvalue weighted by atomic mass is 32.3. The molecule has 1 saturated heterocycles. The van der Waals surface area contributed by atoms with E-state index in [1.165, 1.54) is 18.2 Å². The minimum atomic E-state index is -4.72. The molecule has 0 unspecified atom stereocenters. The fourth-order valence-corrected chi connectivity index (χ4v) is 2.87. The molecule has 0 spiro atoms. The number of nitrogens with zero attached hydrogens (tertiary/aromatic N) is 1. The number of hydrogen-bond acceptors (Lipinski definition) is 6. The number of rotatable bonds is 6. The van der Waals surface area contributed by atoms with Crippen LogP contribution in [0.4, 0.5) is 0 Å². The maximum absolute atomic E-state index is 12.0. The van der Waals surface area contributed by atoms with E-state index in [0.29, 0.717) is 44.3 Å². The fraction of sp³-hybridized carbons (Fsp3) is 0.438. The van der Waals surface area contributed by atoms with Gasteiger partial charge < -0.3 is 19.3 Å². The van der Waals surface area contributed by atoms with E-state index in [1.54, 1.807) is 17.1 Å². The van der Waals surface area contributed by atoms with Gasteiger partial charge in [0, 0.05) is 19.5 Å². The Bertz CT molecular complexity index is 737. The first-order valence-electron chi connectivity index (χ1n) is 7.87. The average molecular weight is 371 g/mol. The molecule has 2 rings (SSSR count). The molecule has 1 amide bonds. The predicted molar refractivity (Wildman–Crippen MR) is 90.4 cm³/mol. The molecule has 0 saturated carbocycles. The lowest BCUT2D eigenvalue weighted by Gasteiger charge is -2.29. The zero-order chi connectivity index (χ0) is 18.4. The van der Waals surface area contributed by atoms with Crippen molar-refractivity contribution in [2.45, 2.75) is 31.8 Å². The van der Waals surface area contributed by atoms with Crippen LogP contribution in [0.1, 0.15) is 31.2 Å². The number of hydrogen-bond donors (Lipinski definition) is 3. The van der Waals surface area contributed by atoms with E-state index in [-0.39, 0.29) is 17.8 Å². The average Bonchev–Trinajstić information content (AvgIpc) is 2.53. The standard InChI is InChI=1S/C16H21NO7S/c18-13-7-9-17(10-8-13)16(20)4-2-1-3-12-5-6-14(19)15(11-12)24-25(21,22)23/h1,3,5-6,11,13,18-19H,2,4,7-10H2,(H,21,22,23)/b3-1+. The number of piperidine rings is 1. The number of allylic oxidation sites excluding steroid dienone is 1. The van der Waals surface area contributed by atoms with Gasteiger partial charge >= 0.3 is 10.4 Å². The molecule has 1 aromatic carbocycles. The summed E-state index contributed by atoms with van der Waals surface area (Å²) in [6.07, 6.45) is 5.12. The monoisotopic (exact) mass is 371 g/mol. The third kappa shape index (κ3) is 6.37. The lowest BCUT2D eigenvalue weighted by Crippen LogP contribution is -2.39. The van der Waals surface area contributed by atoms with Crippen LogP contribution in [-0.4, -0.2) is 53.2 Å². The summed E-state index contributed by atoms with van der Waals surface area (Å²) >= 11 is 0. The Labute approximate surface area is 146 Å². The number of amides is 1. The zero-order valence-electron chi connectivity index (χ0n) is 13.5. The van der Waals surface area contributed by atoms with E-state index in [0.717, 1.165) is 0 Å². The Hall–Kier alpha value is -2.10. The highest BCUT2D eigenvalue weighted by molar-refractivity contribution is 7.81. The van der Waals surface area contributed by atoms with Crippen LogP contribution in [0.3, 0.4) is 0 Å². The molecule has 138 valence electrons. The molecule has 1 heterocycles. The molecule has 1 aromatic rings. The molecule has 25 heavy (non-hydrogen) atoms. The van der Waals surface area contributed by atoms with Crippen LogP contribution in [0.25, 0.3) is 6.08 Å². The SMILES string of the molecule is O=C(CC/C=C/c1ccc(O)c(OS(=O)(=O)O)c1)N1CCC(O)CC1. The van der Waals surface area contributed by atoms with E-state index in [2.05, 4.69) is 4.18 Å². The Balaban J connectivity index is 1.87. The summed E-state index contributed by atoms with van der Waals surface area (Å²) in [5.41, 5.74) is 0.546. The van der Waals surface area contributed by atoms with Gasteiger partial charge in [0.2, 0.25) is 5.91 Å². The van der Waals surface area contributed by atoms with Crippen molar-refractivity contribution in [3.8, 4) is 11.5 Å². The molecule has 0 atom stereocenters. The molecule has 1 aliphatic heterocycles. The van der Waals surface area contributed by atoms with Gasteiger partial charge in [-0.25, -0.2) is 0 Å². The number of aliphatic hydroxyl groups is 1. The second kappa shape index (κ2) is 8.32. The minimum absolute atomic E-state index is 0.0256. The molecular formula is C16H21NO7S. The minimum Gasteiger partial charge on any atom is -0.504 e. The first-order valence-corrected chi connectivity index (χ1v) is 9.23. The largest absolute Gasteiger partial charge is 0.504 e. The lowest BCUT2D eigenvalue weighted by atomic mass is 10.1. The zero-order valence-corrected chi connectivity index (χ0v) is 14.4. The van der Waals surface area contributed by atoms with Crippen molar-refractivity contribution >= 4 is 22.4 Å². The second-order valence-corrected chi connectivity index (χ2v) is 6.81. The number of aliphatic hydroxyl groups excluding tert-OH is 1. The molecule has 0 aliphatic carbocycles. The molecule has 9 heteroatoms. The van der Waals surface area contributed by atoms with Gasteiger partial charge in [0.15, 0.2) is 11.5 Å². The van der Waals surface area contributed by atoms with Gasteiger partial charge in [-0.15, -0.1) is 0 Å². The third-order valence-corrected chi connectivity index (χ3v) is 4.22. The predicted octanol–water partition coefficient (Wildman–Crippen LogP) is 1.35. The number of phenolic OH excluding ortho intramolecular Hbond substituents is 1. The summed E-state index contributed by atoms with van der Waals surface area (Å²) < 4.78 is 34.4. The van der Waals surface area contributed by atoms with E-state index >= 15 is 0 Å². The summed E-state index contributed by atoms with van der Waals surface area (Å²) in [4.78, 5) is 13.8. The van der Waals surface area contributed by atoms with Crippen molar-refractivity contribution in [1.82, 2.24) is 4.90 Å². The number of phenols is 1. The lowest BCUT2D eigenvalue weighted by molar-refractivity contribution is -0.133. The summed E-state index contributed by atoms with van der Waals surface area (Å²) in [6, 6.07) is 4.04. The topological polar surface area (TPSA) is 124 Å². The number of benzene rings is 1. The van der Waals surface area contributed by atoms with E-state index in [1.807, 2.05) is 0 Å². The van der Waals surface area contributed by atoms with E-state index in [4.69, 9.17) is 4.55 Å². The second-order valence-electron chi connectivity index (χ2n) is 5.79. The molecule has 0 radical (unpaired) electrons. The quantitative estimate of drug-likeness (QED) is 0.645. The summed E-state index contributed by atoms with van der Waals surface area (Å²) in [5.74, 6) is -0.775. The Morgan fingerprint density at radius 2 is 2.00 bits per heavy atom. The van der Waals surface area contributed by atoms with Crippen LogP contribution < -0.4 is 4.18 Å². The van der Waals surface area contributed by atoms with Crippen LogP contribution in [0.15, 0.2) is 24.3 Å². The van der Waals surface area contributed by atoms with Gasteiger partial charge in [-0.3, -0.25) is 9.35 Å². The maximum atomic E-state index is 12.0. The van der Waals surface area contributed by atoms with Gasteiger partial charge in [-0.05, 0) is 37.0 Å². The Morgan fingerprint density at radius 1 is 1.32 bits per heavy atom. The van der Waals surface area contributed by atoms with Crippen molar-refractivity contribution in [1.29, 1.82) is 0 Å². The first-order chi connectivity index (χ1) is 11.7. The van der Waals surface area contributed by atoms with Gasteiger partial charge in [0.05, 0.1) is 6.10 Å². The van der Waals surface area contributed by atoms with Crippen LogP contribution in [0.5, 0.6) is 11.5 Å². The highest BCUT2D eigenvalue weighted by Crippen LogP contribution is 2.28. The number of carbonyl (C=O) groups excluding carboxylic acids is 1. The Morgan fingerprint density at radius 3 is 2.64 bits per heavy atom. The van der Waals surface area contributed by atoms with Crippen LogP contribution in [0.2, 0.25) is 0 Å². The number of carbonyl (C=O) groups is 1. The summed E-state index contributed by atoms with van der Waals surface area (Å²) in [5, 5.41) is 18.9.